The van der Waals surface area contributed by atoms with E-state index in [0.29, 0.717) is 24.7 Å². The van der Waals surface area contributed by atoms with E-state index in [1.807, 2.05) is 0 Å². The van der Waals surface area contributed by atoms with Crippen molar-refractivity contribution >= 4 is 23.2 Å². The van der Waals surface area contributed by atoms with Crippen molar-refractivity contribution in [2.45, 2.75) is 6.42 Å². The molecule has 0 fully saturated rings. The van der Waals surface area contributed by atoms with Crippen molar-refractivity contribution in [2.75, 3.05) is 16.8 Å². The van der Waals surface area contributed by atoms with E-state index >= 15 is 0 Å². The van der Waals surface area contributed by atoms with Crippen LogP contribution in [0.5, 0.6) is 0 Å². The lowest BCUT2D eigenvalue weighted by atomic mass is 10.1. The van der Waals surface area contributed by atoms with Crippen molar-refractivity contribution in [1.82, 2.24) is 0 Å². The van der Waals surface area contributed by atoms with Crippen LogP contribution in [-0.4, -0.2) is 18.4 Å². The number of nitrogens with one attached hydrogen (secondary N) is 1. The number of benzene rings is 2. The molecule has 0 saturated heterocycles. The van der Waals surface area contributed by atoms with Crippen LogP contribution in [0, 0.1) is 11.6 Å². The minimum Gasteiger partial charge on any atom is -0.459 e. The summed E-state index contributed by atoms with van der Waals surface area (Å²) >= 11 is 0. The second kappa shape index (κ2) is 6.68. The van der Waals surface area contributed by atoms with Gasteiger partial charge in [-0.2, -0.15) is 0 Å². The number of hydrogen-bond acceptors (Lipinski definition) is 3. The quantitative estimate of drug-likeness (QED) is 0.760. The average molecular weight is 368 g/mol. The molecule has 1 aromatic heterocycles. The van der Waals surface area contributed by atoms with E-state index in [1.54, 1.807) is 35.2 Å². The van der Waals surface area contributed by atoms with E-state index in [-0.39, 0.29) is 17.2 Å². The highest BCUT2D eigenvalue weighted by atomic mass is 19.1. The van der Waals surface area contributed by atoms with Gasteiger partial charge in [-0.25, -0.2) is 8.78 Å². The van der Waals surface area contributed by atoms with Crippen molar-refractivity contribution in [3.05, 3.63) is 83.3 Å². The fourth-order valence-electron chi connectivity index (χ4n) is 3.10. The van der Waals surface area contributed by atoms with Gasteiger partial charge in [-0.3, -0.25) is 9.59 Å². The molecule has 2 heterocycles. The van der Waals surface area contributed by atoms with Gasteiger partial charge in [-0.1, -0.05) is 0 Å². The molecule has 1 N–H and O–H groups in total. The van der Waals surface area contributed by atoms with Crippen LogP contribution in [0.1, 0.15) is 26.5 Å². The van der Waals surface area contributed by atoms with Gasteiger partial charge in [0.1, 0.15) is 11.6 Å². The molecule has 0 saturated carbocycles. The maximum Gasteiger partial charge on any atom is 0.293 e. The van der Waals surface area contributed by atoms with Gasteiger partial charge in [0.25, 0.3) is 11.8 Å². The van der Waals surface area contributed by atoms with Gasteiger partial charge in [0.2, 0.25) is 0 Å². The molecule has 0 bridgehead atoms. The molecule has 0 aliphatic carbocycles. The van der Waals surface area contributed by atoms with E-state index in [0.717, 1.165) is 23.4 Å². The summed E-state index contributed by atoms with van der Waals surface area (Å²) in [5, 5.41) is 2.60. The molecule has 5 nitrogen and oxygen atoms in total. The SMILES string of the molecule is O=C(Nc1ccc2c(c1)CCN2C(=O)c1ccco1)c1ccc(F)cc1F. The number of anilines is 2. The summed E-state index contributed by atoms with van der Waals surface area (Å²) < 4.78 is 31.9. The summed E-state index contributed by atoms with van der Waals surface area (Å²) in [4.78, 5) is 26.3. The Kier molecular flexibility index (Phi) is 4.19. The van der Waals surface area contributed by atoms with Gasteiger partial charge in [-0.05, 0) is 54.4 Å². The molecule has 0 spiro atoms. The zero-order chi connectivity index (χ0) is 19.0. The molecule has 0 atom stereocenters. The Hall–Kier alpha value is -3.48. The Morgan fingerprint density at radius 1 is 1.07 bits per heavy atom. The molecule has 1 aliphatic rings. The molecule has 3 aromatic rings. The first-order chi connectivity index (χ1) is 13.0. The summed E-state index contributed by atoms with van der Waals surface area (Å²) in [7, 11) is 0. The van der Waals surface area contributed by atoms with Crippen LogP contribution in [0.15, 0.2) is 59.2 Å². The number of halogens is 2. The fraction of sp³-hybridized carbons (Fsp3) is 0.100. The van der Waals surface area contributed by atoms with Crippen molar-refractivity contribution in [3.8, 4) is 0 Å². The lowest BCUT2D eigenvalue weighted by molar-refractivity contribution is 0.0961. The van der Waals surface area contributed by atoms with Crippen molar-refractivity contribution in [1.29, 1.82) is 0 Å². The summed E-state index contributed by atoms with van der Waals surface area (Å²) in [6.45, 7) is 0.499. The van der Waals surface area contributed by atoms with Crippen LogP contribution >= 0.6 is 0 Å². The fourth-order valence-corrected chi connectivity index (χ4v) is 3.10. The van der Waals surface area contributed by atoms with Gasteiger partial charge >= 0.3 is 0 Å². The Morgan fingerprint density at radius 3 is 2.67 bits per heavy atom. The van der Waals surface area contributed by atoms with Crippen LogP contribution in [-0.2, 0) is 6.42 Å². The number of nitrogens with zero attached hydrogens (tertiary/aromatic N) is 1. The Balaban J connectivity index is 1.54. The van der Waals surface area contributed by atoms with Gasteiger partial charge in [-0.15, -0.1) is 0 Å². The van der Waals surface area contributed by atoms with Crippen LogP contribution in [0.4, 0.5) is 20.2 Å². The van der Waals surface area contributed by atoms with Crippen LogP contribution in [0.3, 0.4) is 0 Å². The predicted molar refractivity (Wildman–Crippen MR) is 94.8 cm³/mol. The second-order valence-electron chi connectivity index (χ2n) is 6.11. The molecule has 0 unspecified atom stereocenters. The normalized spacial score (nSPS) is 12.7. The number of furan rings is 1. The standard InChI is InChI=1S/C20H14F2N2O3/c21-13-3-5-15(16(22)11-13)19(25)23-14-4-6-17-12(10-14)7-8-24(17)20(26)18-2-1-9-27-18/h1-6,9-11H,7-8H2,(H,23,25). The van der Waals surface area contributed by atoms with E-state index < -0.39 is 17.5 Å². The lowest BCUT2D eigenvalue weighted by Crippen LogP contribution is -2.28. The molecule has 2 amide bonds. The Bertz CT molecular complexity index is 1030. The smallest absolute Gasteiger partial charge is 0.293 e. The molecule has 0 radical (unpaired) electrons. The lowest BCUT2D eigenvalue weighted by Gasteiger charge is -2.16. The summed E-state index contributed by atoms with van der Waals surface area (Å²) in [5.41, 5.74) is 1.84. The molecular weight excluding hydrogens is 354 g/mol. The molecule has 7 heteroatoms. The summed E-state index contributed by atoms with van der Waals surface area (Å²) in [6.07, 6.45) is 2.06. The average Bonchev–Trinajstić information content (AvgIpc) is 3.30. The second-order valence-corrected chi connectivity index (χ2v) is 6.11. The third-order valence-corrected chi connectivity index (χ3v) is 4.39. The molecular formula is C20H14F2N2O3. The highest BCUT2D eigenvalue weighted by molar-refractivity contribution is 6.07. The Morgan fingerprint density at radius 2 is 1.93 bits per heavy atom. The molecule has 27 heavy (non-hydrogen) atoms. The Labute approximate surface area is 153 Å². The number of rotatable bonds is 3. The van der Waals surface area contributed by atoms with Crippen LogP contribution in [0.25, 0.3) is 0 Å². The number of fused-ring (bicyclic) bond motifs is 1. The van der Waals surface area contributed by atoms with Gasteiger partial charge in [0.05, 0.1) is 11.8 Å². The number of hydrogen-bond donors (Lipinski definition) is 1. The molecule has 136 valence electrons. The van der Waals surface area contributed by atoms with Crippen molar-refractivity contribution in [2.24, 2.45) is 0 Å². The summed E-state index contributed by atoms with van der Waals surface area (Å²) in [6, 6.07) is 11.1. The van der Waals surface area contributed by atoms with Crippen molar-refractivity contribution < 1.29 is 22.8 Å². The van der Waals surface area contributed by atoms with Crippen LogP contribution in [0.2, 0.25) is 0 Å². The molecule has 4 rings (SSSR count). The largest absolute Gasteiger partial charge is 0.459 e. The topological polar surface area (TPSA) is 62.6 Å². The predicted octanol–water partition coefficient (Wildman–Crippen LogP) is 4.01. The maximum absolute atomic E-state index is 13.7. The van der Waals surface area contributed by atoms with Gasteiger partial charge in [0, 0.05) is 24.0 Å². The first kappa shape index (κ1) is 17.0. The number of carbonyl (C=O) groups excluding carboxylic acids is 2. The van der Waals surface area contributed by atoms with Crippen molar-refractivity contribution in [3.63, 3.8) is 0 Å². The third kappa shape index (κ3) is 3.19. The van der Waals surface area contributed by atoms with E-state index in [4.69, 9.17) is 4.42 Å². The minimum absolute atomic E-state index is 0.232. The molecule has 2 aromatic carbocycles. The zero-order valence-electron chi connectivity index (χ0n) is 14.0. The highest BCUT2D eigenvalue weighted by Gasteiger charge is 2.27. The number of amides is 2. The van der Waals surface area contributed by atoms with E-state index in [2.05, 4.69) is 5.32 Å². The minimum atomic E-state index is -0.927. The zero-order valence-corrected chi connectivity index (χ0v) is 14.0. The van der Waals surface area contributed by atoms with E-state index in [1.165, 1.54) is 6.26 Å². The van der Waals surface area contributed by atoms with E-state index in [9.17, 15) is 18.4 Å². The summed E-state index contributed by atoms with van der Waals surface area (Å²) in [5.74, 6) is -2.32. The molecule has 1 aliphatic heterocycles. The first-order valence-corrected chi connectivity index (χ1v) is 8.27. The van der Waals surface area contributed by atoms with Crippen LogP contribution < -0.4 is 10.2 Å². The third-order valence-electron chi connectivity index (χ3n) is 4.39. The maximum atomic E-state index is 13.7. The first-order valence-electron chi connectivity index (χ1n) is 8.27. The van der Waals surface area contributed by atoms with Gasteiger partial charge < -0.3 is 14.6 Å². The highest BCUT2D eigenvalue weighted by Crippen LogP contribution is 2.32. The number of carbonyl (C=O) groups is 2. The monoisotopic (exact) mass is 368 g/mol. The van der Waals surface area contributed by atoms with Gasteiger partial charge in [0.15, 0.2) is 5.76 Å².